The molecule has 2 aromatic carbocycles. The molecule has 0 unspecified atom stereocenters. The first-order chi connectivity index (χ1) is 11.3. The average Bonchev–Trinajstić information content (AvgIpc) is 2.53. The van der Waals surface area contributed by atoms with Gasteiger partial charge in [0, 0.05) is 0 Å². The Morgan fingerprint density at radius 3 is 1.29 bits per heavy atom. The number of aromatic hydroxyl groups is 2. The molecule has 0 amide bonds. The molecule has 0 spiro atoms. The van der Waals surface area contributed by atoms with Crippen molar-refractivity contribution in [2.75, 3.05) is 0 Å². The van der Waals surface area contributed by atoms with Crippen molar-refractivity contribution in [3.05, 3.63) is 69.8 Å². The van der Waals surface area contributed by atoms with E-state index in [1.54, 1.807) is 12.2 Å². The number of phenols is 2. The number of rotatable bonds is 4. The summed E-state index contributed by atoms with van der Waals surface area (Å²) < 4.78 is 0. The third-order valence-corrected chi connectivity index (χ3v) is 3.91. The molecule has 0 saturated carbocycles. The highest BCUT2D eigenvalue weighted by Gasteiger charge is 2.03. The smallest absolute Gasteiger partial charge is 0.178 e. The summed E-state index contributed by atoms with van der Waals surface area (Å²) in [4.78, 5) is 12.0. The monoisotopic (exact) mass is 322 g/mol. The largest absolute Gasteiger partial charge is 0.507 e. The van der Waals surface area contributed by atoms with Crippen molar-refractivity contribution in [2.24, 2.45) is 0 Å². The third kappa shape index (κ3) is 4.13. The SMILES string of the molecule is Cc1cc(C=CC(=O)C=Cc2cc(C)c(O)c(C)c2)cc(C)c1O. The van der Waals surface area contributed by atoms with Crippen LogP contribution in [0.2, 0.25) is 0 Å². The highest BCUT2D eigenvalue weighted by Crippen LogP contribution is 2.24. The molecule has 3 heteroatoms. The van der Waals surface area contributed by atoms with Crippen LogP contribution in [0.15, 0.2) is 36.4 Å². The minimum atomic E-state index is -0.123. The molecular weight excluding hydrogens is 300 g/mol. The topological polar surface area (TPSA) is 57.5 Å². The van der Waals surface area contributed by atoms with E-state index in [2.05, 4.69) is 0 Å². The number of carbonyl (C=O) groups is 1. The minimum Gasteiger partial charge on any atom is -0.507 e. The van der Waals surface area contributed by atoms with E-state index in [1.165, 1.54) is 12.2 Å². The molecule has 124 valence electrons. The van der Waals surface area contributed by atoms with Crippen LogP contribution in [0.3, 0.4) is 0 Å². The van der Waals surface area contributed by atoms with Crippen molar-refractivity contribution in [1.29, 1.82) is 0 Å². The van der Waals surface area contributed by atoms with Crippen molar-refractivity contribution < 1.29 is 15.0 Å². The lowest BCUT2D eigenvalue weighted by Gasteiger charge is -2.04. The molecule has 0 radical (unpaired) electrons. The Kier molecular flexibility index (Phi) is 5.24. The van der Waals surface area contributed by atoms with E-state index >= 15 is 0 Å². The molecule has 0 aliphatic heterocycles. The third-order valence-electron chi connectivity index (χ3n) is 3.91. The van der Waals surface area contributed by atoms with Crippen molar-refractivity contribution >= 4 is 17.9 Å². The number of benzene rings is 2. The zero-order chi connectivity index (χ0) is 17.9. The molecule has 2 aromatic rings. The first-order valence-electron chi connectivity index (χ1n) is 7.78. The predicted octanol–water partition coefficient (Wildman–Crippen LogP) is 4.63. The molecular formula is C21H22O3. The number of ketones is 1. The van der Waals surface area contributed by atoms with Crippen LogP contribution in [0.25, 0.3) is 12.2 Å². The van der Waals surface area contributed by atoms with Gasteiger partial charge < -0.3 is 10.2 Å². The van der Waals surface area contributed by atoms with Gasteiger partial charge in [-0.3, -0.25) is 4.79 Å². The Morgan fingerprint density at radius 2 is 1.00 bits per heavy atom. The summed E-state index contributed by atoms with van der Waals surface area (Å²) in [6.07, 6.45) is 6.47. The number of carbonyl (C=O) groups excluding carboxylic acids is 1. The fourth-order valence-corrected chi connectivity index (χ4v) is 2.58. The maximum Gasteiger partial charge on any atom is 0.178 e. The summed E-state index contributed by atoms with van der Waals surface area (Å²) in [5.41, 5.74) is 4.89. The Bertz CT molecular complexity index is 727. The molecule has 0 saturated heterocycles. The van der Waals surface area contributed by atoms with Crippen LogP contribution < -0.4 is 0 Å². The lowest BCUT2D eigenvalue weighted by atomic mass is 10.0. The van der Waals surface area contributed by atoms with Gasteiger partial charge in [0.25, 0.3) is 0 Å². The zero-order valence-corrected chi connectivity index (χ0v) is 14.4. The van der Waals surface area contributed by atoms with Gasteiger partial charge in [-0.1, -0.05) is 12.2 Å². The average molecular weight is 322 g/mol. The van der Waals surface area contributed by atoms with Crippen LogP contribution in [0, 0.1) is 27.7 Å². The van der Waals surface area contributed by atoms with Crippen LogP contribution in [-0.4, -0.2) is 16.0 Å². The van der Waals surface area contributed by atoms with Gasteiger partial charge >= 0.3 is 0 Å². The number of phenolic OH excluding ortho intramolecular Hbond substituents is 2. The molecule has 0 aromatic heterocycles. The van der Waals surface area contributed by atoms with E-state index in [9.17, 15) is 15.0 Å². The molecule has 0 fully saturated rings. The quantitative estimate of drug-likeness (QED) is 0.807. The number of allylic oxidation sites excluding steroid dienone is 2. The lowest BCUT2D eigenvalue weighted by Crippen LogP contribution is -1.88. The molecule has 0 aliphatic carbocycles. The molecule has 0 aliphatic rings. The lowest BCUT2D eigenvalue weighted by molar-refractivity contribution is -0.110. The predicted molar refractivity (Wildman–Crippen MR) is 98.2 cm³/mol. The van der Waals surface area contributed by atoms with Gasteiger partial charge in [0.2, 0.25) is 0 Å². The molecule has 0 atom stereocenters. The standard InChI is InChI=1S/C21H22O3/c1-13-9-17(10-14(2)20(13)23)5-7-19(22)8-6-18-11-15(3)21(24)16(4)12-18/h5-12,23-24H,1-4H3. The summed E-state index contributed by atoms with van der Waals surface area (Å²) in [5.74, 6) is 0.453. The number of aryl methyl sites for hydroxylation is 4. The van der Waals surface area contributed by atoms with Gasteiger partial charge in [-0.25, -0.2) is 0 Å². The fourth-order valence-electron chi connectivity index (χ4n) is 2.58. The first-order valence-corrected chi connectivity index (χ1v) is 7.78. The molecule has 2 N–H and O–H groups in total. The molecule has 0 bridgehead atoms. The Morgan fingerprint density at radius 1 is 0.708 bits per heavy atom. The Balaban J connectivity index is 2.13. The van der Waals surface area contributed by atoms with Gasteiger partial charge in [0.1, 0.15) is 11.5 Å². The summed E-state index contributed by atoms with van der Waals surface area (Å²) in [6, 6.07) is 7.34. The number of hydrogen-bond acceptors (Lipinski definition) is 3. The summed E-state index contributed by atoms with van der Waals surface area (Å²) >= 11 is 0. The Labute approximate surface area is 142 Å². The van der Waals surface area contributed by atoms with E-state index < -0.39 is 0 Å². The van der Waals surface area contributed by atoms with Crippen molar-refractivity contribution in [3.8, 4) is 11.5 Å². The van der Waals surface area contributed by atoms with Gasteiger partial charge in [0.05, 0.1) is 0 Å². The normalized spacial score (nSPS) is 11.5. The van der Waals surface area contributed by atoms with Gasteiger partial charge in [0.15, 0.2) is 5.78 Å². The summed E-state index contributed by atoms with van der Waals surface area (Å²) in [7, 11) is 0. The van der Waals surface area contributed by atoms with E-state index in [0.717, 1.165) is 33.4 Å². The fraction of sp³-hybridized carbons (Fsp3) is 0.190. The summed E-state index contributed by atoms with van der Waals surface area (Å²) in [6.45, 7) is 7.32. The van der Waals surface area contributed by atoms with Crippen molar-refractivity contribution in [3.63, 3.8) is 0 Å². The van der Waals surface area contributed by atoms with E-state index in [0.29, 0.717) is 0 Å². The maximum absolute atomic E-state index is 12.0. The first kappa shape index (κ1) is 17.5. The zero-order valence-electron chi connectivity index (χ0n) is 14.4. The highest BCUT2D eigenvalue weighted by molar-refractivity contribution is 6.04. The summed E-state index contributed by atoms with van der Waals surface area (Å²) in [5, 5.41) is 19.5. The van der Waals surface area contributed by atoms with Crippen molar-refractivity contribution in [1.82, 2.24) is 0 Å². The molecule has 2 rings (SSSR count). The highest BCUT2D eigenvalue weighted by atomic mass is 16.3. The van der Waals surface area contributed by atoms with Crippen LogP contribution in [0.5, 0.6) is 11.5 Å². The van der Waals surface area contributed by atoms with Gasteiger partial charge in [-0.05, 0) is 97.5 Å². The maximum atomic E-state index is 12.0. The molecule has 24 heavy (non-hydrogen) atoms. The number of hydrogen-bond donors (Lipinski definition) is 2. The van der Waals surface area contributed by atoms with Gasteiger partial charge in [-0.15, -0.1) is 0 Å². The Hall–Kier alpha value is -2.81. The van der Waals surface area contributed by atoms with Crippen LogP contribution in [0.4, 0.5) is 0 Å². The van der Waals surface area contributed by atoms with Crippen LogP contribution >= 0.6 is 0 Å². The minimum absolute atomic E-state index is 0.123. The van der Waals surface area contributed by atoms with E-state index in [1.807, 2.05) is 52.0 Å². The van der Waals surface area contributed by atoms with Crippen LogP contribution in [-0.2, 0) is 4.79 Å². The molecule has 0 heterocycles. The molecule has 3 nitrogen and oxygen atoms in total. The second-order valence-corrected chi connectivity index (χ2v) is 6.08. The second kappa shape index (κ2) is 7.18. The van der Waals surface area contributed by atoms with E-state index in [-0.39, 0.29) is 17.3 Å². The van der Waals surface area contributed by atoms with Crippen LogP contribution in [0.1, 0.15) is 33.4 Å². The van der Waals surface area contributed by atoms with Gasteiger partial charge in [-0.2, -0.15) is 0 Å². The van der Waals surface area contributed by atoms with E-state index in [4.69, 9.17) is 0 Å². The second-order valence-electron chi connectivity index (χ2n) is 6.08. The van der Waals surface area contributed by atoms with Crippen molar-refractivity contribution in [2.45, 2.75) is 27.7 Å².